The maximum Gasteiger partial charge on any atom is 0.255 e. The first-order valence-corrected chi connectivity index (χ1v) is 10.2. The molecule has 5 heteroatoms. The summed E-state index contributed by atoms with van der Waals surface area (Å²) in [6.07, 6.45) is 0. The van der Waals surface area contributed by atoms with Crippen molar-refractivity contribution >= 4 is 56.1 Å². The number of hydrogen-bond donors (Lipinski definition) is 1. The fourth-order valence-corrected chi connectivity index (χ4v) is 3.91. The second kappa shape index (κ2) is 7.33. The highest BCUT2D eigenvalue weighted by Gasteiger charge is 2.13. The summed E-state index contributed by atoms with van der Waals surface area (Å²) in [4.78, 5) is 17.2. The van der Waals surface area contributed by atoms with E-state index >= 15 is 0 Å². The molecule has 0 saturated heterocycles. The van der Waals surface area contributed by atoms with Crippen LogP contribution in [0.3, 0.4) is 0 Å². The summed E-state index contributed by atoms with van der Waals surface area (Å²) in [5.74, 6) is 0.415. The number of fused-ring (bicyclic) bond motifs is 2. The van der Waals surface area contributed by atoms with Crippen molar-refractivity contribution in [3.63, 3.8) is 0 Å². The third kappa shape index (κ3) is 3.49. The molecule has 0 unspecified atom stereocenters. The van der Waals surface area contributed by atoms with Gasteiger partial charge in [0.2, 0.25) is 5.89 Å². The van der Waals surface area contributed by atoms with Crippen molar-refractivity contribution in [1.29, 1.82) is 0 Å². The fourth-order valence-electron chi connectivity index (χ4n) is 3.37. The van der Waals surface area contributed by atoms with Crippen molar-refractivity contribution in [2.75, 3.05) is 5.32 Å². The Bertz CT molecular complexity index is 1370. The SMILES string of the molecule is O=C(Nc1ccc2oc(-c3cccc4ccccc34)nc2c1)c1cccc(I)c1. The van der Waals surface area contributed by atoms with Gasteiger partial charge in [0, 0.05) is 20.4 Å². The molecule has 0 atom stereocenters. The van der Waals surface area contributed by atoms with Gasteiger partial charge in [-0.2, -0.15) is 0 Å². The zero-order valence-corrected chi connectivity index (χ0v) is 17.4. The van der Waals surface area contributed by atoms with Gasteiger partial charge in [0.15, 0.2) is 5.58 Å². The highest BCUT2D eigenvalue weighted by Crippen LogP contribution is 2.31. The molecule has 140 valence electrons. The smallest absolute Gasteiger partial charge is 0.255 e. The maximum atomic E-state index is 12.5. The highest BCUT2D eigenvalue weighted by atomic mass is 127. The quantitative estimate of drug-likeness (QED) is 0.294. The number of hydrogen-bond acceptors (Lipinski definition) is 3. The molecule has 0 bridgehead atoms. The van der Waals surface area contributed by atoms with Gasteiger partial charge in [0.05, 0.1) is 0 Å². The minimum atomic E-state index is -0.152. The molecule has 0 aliphatic carbocycles. The van der Waals surface area contributed by atoms with Crippen LogP contribution < -0.4 is 5.32 Å². The van der Waals surface area contributed by atoms with Gasteiger partial charge in [-0.15, -0.1) is 0 Å². The Balaban J connectivity index is 1.50. The number of halogens is 1. The third-order valence-electron chi connectivity index (χ3n) is 4.75. The van der Waals surface area contributed by atoms with Crippen LogP contribution in [-0.2, 0) is 0 Å². The summed E-state index contributed by atoms with van der Waals surface area (Å²) in [5, 5.41) is 5.16. The van der Waals surface area contributed by atoms with Crippen molar-refractivity contribution in [2.24, 2.45) is 0 Å². The molecule has 4 aromatic carbocycles. The molecule has 1 amide bonds. The monoisotopic (exact) mass is 490 g/mol. The lowest BCUT2D eigenvalue weighted by Crippen LogP contribution is -2.11. The van der Waals surface area contributed by atoms with Crippen LogP contribution in [-0.4, -0.2) is 10.9 Å². The zero-order valence-electron chi connectivity index (χ0n) is 15.2. The molecular formula is C24H15IN2O2. The van der Waals surface area contributed by atoms with E-state index in [1.165, 1.54) is 0 Å². The number of amides is 1. The van der Waals surface area contributed by atoms with Gasteiger partial charge in [-0.05, 0) is 75.8 Å². The van der Waals surface area contributed by atoms with Gasteiger partial charge in [-0.25, -0.2) is 4.98 Å². The van der Waals surface area contributed by atoms with E-state index in [0.29, 0.717) is 28.2 Å². The summed E-state index contributed by atoms with van der Waals surface area (Å²) in [7, 11) is 0. The van der Waals surface area contributed by atoms with E-state index in [4.69, 9.17) is 4.42 Å². The lowest BCUT2D eigenvalue weighted by atomic mass is 10.0. The van der Waals surface area contributed by atoms with E-state index in [0.717, 1.165) is 19.9 Å². The number of nitrogens with zero attached hydrogens (tertiary/aromatic N) is 1. The number of benzene rings is 4. The summed E-state index contributed by atoms with van der Waals surface area (Å²) in [5.41, 5.74) is 3.63. The van der Waals surface area contributed by atoms with Crippen LogP contribution in [0.2, 0.25) is 0 Å². The lowest BCUT2D eigenvalue weighted by Gasteiger charge is -2.05. The minimum Gasteiger partial charge on any atom is -0.436 e. The second-order valence-electron chi connectivity index (χ2n) is 6.69. The molecule has 0 aliphatic heterocycles. The molecule has 1 N–H and O–H groups in total. The molecule has 0 spiro atoms. The van der Waals surface area contributed by atoms with Crippen LogP contribution in [0.4, 0.5) is 5.69 Å². The third-order valence-corrected chi connectivity index (χ3v) is 5.42. The first-order valence-electron chi connectivity index (χ1n) is 9.13. The Morgan fingerprint density at radius 1 is 0.897 bits per heavy atom. The maximum absolute atomic E-state index is 12.5. The van der Waals surface area contributed by atoms with Crippen LogP contribution in [0.1, 0.15) is 10.4 Å². The van der Waals surface area contributed by atoms with Crippen molar-refractivity contribution < 1.29 is 9.21 Å². The summed E-state index contributed by atoms with van der Waals surface area (Å²) in [6.45, 7) is 0. The Kier molecular flexibility index (Phi) is 4.52. The molecule has 4 nitrogen and oxygen atoms in total. The number of carbonyl (C=O) groups excluding carboxylic acids is 1. The molecule has 1 aromatic heterocycles. The first kappa shape index (κ1) is 17.9. The van der Waals surface area contributed by atoms with Gasteiger partial charge in [-0.1, -0.05) is 42.5 Å². The van der Waals surface area contributed by atoms with Gasteiger partial charge >= 0.3 is 0 Å². The lowest BCUT2D eigenvalue weighted by molar-refractivity contribution is 0.102. The number of oxazole rings is 1. The standard InChI is InChI=1S/C24H15IN2O2/c25-17-8-3-7-16(13-17)23(28)26-18-11-12-22-21(14-18)27-24(29-22)20-10-4-6-15-5-1-2-9-19(15)20/h1-14H,(H,26,28). The largest absolute Gasteiger partial charge is 0.436 e. The number of nitrogens with one attached hydrogen (secondary N) is 1. The molecule has 0 radical (unpaired) electrons. The molecule has 5 rings (SSSR count). The van der Waals surface area contributed by atoms with E-state index in [9.17, 15) is 4.79 Å². The predicted octanol–water partition coefficient (Wildman–Crippen LogP) is 6.50. The normalized spacial score (nSPS) is 11.1. The minimum absolute atomic E-state index is 0.152. The van der Waals surface area contributed by atoms with E-state index < -0.39 is 0 Å². The first-order chi connectivity index (χ1) is 14.2. The Labute approximate surface area is 180 Å². The molecule has 1 heterocycles. The van der Waals surface area contributed by atoms with Gasteiger partial charge in [0.25, 0.3) is 5.91 Å². The number of carbonyl (C=O) groups is 1. The van der Waals surface area contributed by atoms with Crippen LogP contribution in [0.25, 0.3) is 33.3 Å². The number of rotatable bonds is 3. The number of aromatic nitrogens is 1. The van der Waals surface area contributed by atoms with Gasteiger partial charge in [-0.3, -0.25) is 4.79 Å². The molecule has 29 heavy (non-hydrogen) atoms. The average Bonchev–Trinajstić information content (AvgIpc) is 3.16. The van der Waals surface area contributed by atoms with Crippen LogP contribution >= 0.6 is 22.6 Å². The number of anilines is 1. The van der Waals surface area contributed by atoms with E-state index in [2.05, 4.69) is 51.1 Å². The topological polar surface area (TPSA) is 55.1 Å². The van der Waals surface area contributed by atoms with E-state index in [-0.39, 0.29) is 5.91 Å². The zero-order chi connectivity index (χ0) is 19.8. The van der Waals surface area contributed by atoms with Crippen LogP contribution in [0.15, 0.2) is 89.3 Å². The van der Waals surface area contributed by atoms with Crippen molar-refractivity contribution in [3.05, 3.63) is 94.1 Å². The predicted molar refractivity (Wildman–Crippen MR) is 124 cm³/mol. The second-order valence-corrected chi connectivity index (χ2v) is 7.94. The van der Waals surface area contributed by atoms with E-state index in [1.54, 1.807) is 6.07 Å². The van der Waals surface area contributed by atoms with E-state index in [1.807, 2.05) is 60.7 Å². The highest BCUT2D eigenvalue weighted by molar-refractivity contribution is 14.1. The van der Waals surface area contributed by atoms with Crippen molar-refractivity contribution in [2.45, 2.75) is 0 Å². The Hall–Kier alpha value is -3.19. The van der Waals surface area contributed by atoms with Crippen LogP contribution in [0, 0.1) is 3.57 Å². The van der Waals surface area contributed by atoms with Crippen LogP contribution in [0.5, 0.6) is 0 Å². The summed E-state index contributed by atoms with van der Waals surface area (Å²) < 4.78 is 7.01. The van der Waals surface area contributed by atoms with Crippen molar-refractivity contribution in [1.82, 2.24) is 4.98 Å². The molecule has 0 fully saturated rings. The molecule has 0 aliphatic rings. The Morgan fingerprint density at radius 2 is 1.72 bits per heavy atom. The fraction of sp³-hybridized carbons (Fsp3) is 0. The van der Waals surface area contributed by atoms with Gasteiger partial charge < -0.3 is 9.73 Å². The average molecular weight is 490 g/mol. The van der Waals surface area contributed by atoms with Gasteiger partial charge in [0.1, 0.15) is 5.52 Å². The molecule has 5 aromatic rings. The summed E-state index contributed by atoms with van der Waals surface area (Å²) >= 11 is 2.19. The Morgan fingerprint density at radius 3 is 2.62 bits per heavy atom. The molecular weight excluding hydrogens is 475 g/mol. The summed E-state index contributed by atoms with van der Waals surface area (Å²) in [6, 6.07) is 27.2. The molecule has 0 saturated carbocycles. The van der Waals surface area contributed by atoms with Crippen molar-refractivity contribution in [3.8, 4) is 11.5 Å².